The predicted molar refractivity (Wildman–Crippen MR) is 52.9 cm³/mol. The third-order valence-corrected chi connectivity index (χ3v) is 2.64. The molecule has 1 fully saturated rings. The molecule has 6 heteroatoms. The van der Waals surface area contributed by atoms with E-state index in [4.69, 9.17) is 9.63 Å². The fourth-order valence-corrected chi connectivity index (χ4v) is 1.87. The smallest absolute Gasteiger partial charge is 0.326 e. The van der Waals surface area contributed by atoms with E-state index in [1.165, 1.54) is 11.0 Å². The zero-order valence-electron chi connectivity index (χ0n) is 8.84. The normalized spacial score (nSPS) is 20.1. The van der Waals surface area contributed by atoms with E-state index < -0.39 is 17.9 Å². The van der Waals surface area contributed by atoms with Gasteiger partial charge in [-0.2, -0.15) is 0 Å². The molecule has 1 aromatic heterocycles. The lowest BCUT2D eigenvalue weighted by atomic mass is 10.2. The molecular weight excluding hydrogens is 212 g/mol. The summed E-state index contributed by atoms with van der Waals surface area (Å²) >= 11 is 0. The van der Waals surface area contributed by atoms with E-state index in [1.54, 1.807) is 6.92 Å². The molecule has 2 heterocycles. The van der Waals surface area contributed by atoms with Gasteiger partial charge in [-0.15, -0.1) is 0 Å². The maximum Gasteiger partial charge on any atom is 0.326 e. The lowest BCUT2D eigenvalue weighted by Crippen LogP contribution is -2.40. The second kappa shape index (κ2) is 3.96. The maximum atomic E-state index is 11.9. The van der Waals surface area contributed by atoms with Gasteiger partial charge >= 0.3 is 5.97 Å². The van der Waals surface area contributed by atoms with Crippen molar-refractivity contribution in [1.82, 2.24) is 10.1 Å². The molecule has 0 bridgehead atoms. The topological polar surface area (TPSA) is 83.6 Å². The quantitative estimate of drug-likeness (QED) is 0.798. The van der Waals surface area contributed by atoms with Gasteiger partial charge < -0.3 is 14.5 Å². The first kappa shape index (κ1) is 10.7. The molecule has 0 saturated carbocycles. The molecule has 1 aromatic rings. The van der Waals surface area contributed by atoms with Gasteiger partial charge in [-0.25, -0.2) is 4.79 Å². The van der Waals surface area contributed by atoms with Crippen molar-refractivity contribution in [3.8, 4) is 0 Å². The summed E-state index contributed by atoms with van der Waals surface area (Å²) in [5.41, 5.74) is 0.606. The van der Waals surface area contributed by atoms with Crippen LogP contribution in [0.1, 0.15) is 29.1 Å². The average molecular weight is 224 g/mol. The highest BCUT2D eigenvalue weighted by molar-refractivity contribution is 5.94. The van der Waals surface area contributed by atoms with E-state index in [9.17, 15) is 9.59 Å². The van der Waals surface area contributed by atoms with Gasteiger partial charge in [0.25, 0.3) is 5.91 Å². The van der Waals surface area contributed by atoms with E-state index in [0.717, 1.165) is 0 Å². The fourth-order valence-electron chi connectivity index (χ4n) is 1.87. The van der Waals surface area contributed by atoms with Gasteiger partial charge in [0.2, 0.25) is 5.76 Å². The monoisotopic (exact) mass is 224 g/mol. The summed E-state index contributed by atoms with van der Waals surface area (Å²) in [6, 6.07) is 0.775. The Morgan fingerprint density at radius 3 is 2.94 bits per heavy atom. The molecule has 86 valence electrons. The van der Waals surface area contributed by atoms with Gasteiger partial charge in [0.1, 0.15) is 6.04 Å². The zero-order chi connectivity index (χ0) is 11.7. The van der Waals surface area contributed by atoms with Crippen molar-refractivity contribution in [3.05, 3.63) is 17.5 Å². The molecule has 2 rings (SSSR count). The highest BCUT2D eigenvalue weighted by Gasteiger charge is 2.35. The molecule has 0 aromatic carbocycles. The van der Waals surface area contributed by atoms with Crippen LogP contribution in [0.15, 0.2) is 10.6 Å². The minimum Gasteiger partial charge on any atom is -0.480 e. The number of carbonyl (C=O) groups excluding carboxylic acids is 1. The highest BCUT2D eigenvalue weighted by Crippen LogP contribution is 2.20. The summed E-state index contributed by atoms with van der Waals surface area (Å²) in [6.45, 7) is 2.16. The second-order valence-electron chi connectivity index (χ2n) is 3.83. The van der Waals surface area contributed by atoms with Crippen molar-refractivity contribution >= 4 is 11.9 Å². The predicted octanol–water partition coefficient (Wildman–Crippen LogP) is 0.672. The van der Waals surface area contributed by atoms with Gasteiger partial charge in [0, 0.05) is 12.6 Å². The lowest BCUT2D eigenvalue weighted by Gasteiger charge is -2.19. The van der Waals surface area contributed by atoms with Crippen molar-refractivity contribution in [1.29, 1.82) is 0 Å². The van der Waals surface area contributed by atoms with Gasteiger partial charge in [0.05, 0.1) is 5.69 Å². The van der Waals surface area contributed by atoms with Gasteiger partial charge in [-0.3, -0.25) is 4.79 Å². The molecule has 1 aliphatic rings. The molecule has 16 heavy (non-hydrogen) atoms. The van der Waals surface area contributed by atoms with Gasteiger partial charge in [-0.1, -0.05) is 5.16 Å². The molecule has 1 amide bonds. The van der Waals surface area contributed by atoms with Crippen LogP contribution in [-0.4, -0.2) is 39.6 Å². The molecule has 0 radical (unpaired) electrons. The fraction of sp³-hybridized carbons (Fsp3) is 0.500. The minimum atomic E-state index is -0.970. The van der Waals surface area contributed by atoms with Crippen LogP contribution in [0.4, 0.5) is 0 Å². The van der Waals surface area contributed by atoms with Crippen LogP contribution < -0.4 is 0 Å². The Labute approximate surface area is 91.8 Å². The van der Waals surface area contributed by atoms with E-state index >= 15 is 0 Å². The van der Waals surface area contributed by atoms with Gasteiger partial charge in [0.15, 0.2) is 0 Å². The largest absolute Gasteiger partial charge is 0.480 e. The Morgan fingerprint density at radius 1 is 1.62 bits per heavy atom. The summed E-state index contributed by atoms with van der Waals surface area (Å²) in [7, 11) is 0. The molecular formula is C10H12N2O4. The number of hydrogen-bond acceptors (Lipinski definition) is 4. The van der Waals surface area contributed by atoms with Crippen LogP contribution in [0, 0.1) is 6.92 Å². The Bertz CT molecular complexity index is 426. The van der Waals surface area contributed by atoms with E-state index in [1.807, 2.05) is 0 Å². The number of aryl methyl sites for hydroxylation is 1. The minimum absolute atomic E-state index is 0.102. The van der Waals surface area contributed by atoms with Crippen molar-refractivity contribution in [2.75, 3.05) is 6.54 Å². The van der Waals surface area contributed by atoms with Crippen LogP contribution >= 0.6 is 0 Å². The van der Waals surface area contributed by atoms with Crippen molar-refractivity contribution in [2.45, 2.75) is 25.8 Å². The zero-order valence-corrected chi connectivity index (χ0v) is 8.84. The Kier molecular flexibility index (Phi) is 2.64. The number of carbonyl (C=O) groups is 2. The molecule has 1 aliphatic heterocycles. The summed E-state index contributed by atoms with van der Waals surface area (Å²) in [6.07, 6.45) is 1.20. The first-order valence-corrected chi connectivity index (χ1v) is 5.06. The first-order chi connectivity index (χ1) is 7.59. The van der Waals surface area contributed by atoms with E-state index in [0.29, 0.717) is 25.1 Å². The summed E-state index contributed by atoms with van der Waals surface area (Å²) < 4.78 is 4.83. The number of rotatable bonds is 2. The average Bonchev–Trinajstić information content (AvgIpc) is 2.84. The summed E-state index contributed by atoms with van der Waals surface area (Å²) in [5, 5.41) is 12.6. The SMILES string of the molecule is Cc1cc(C(=O)N2CCC[C@@H]2C(=O)O)on1. The molecule has 1 saturated heterocycles. The van der Waals surface area contributed by atoms with Crippen LogP contribution in [-0.2, 0) is 4.79 Å². The maximum absolute atomic E-state index is 11.9. The number of aliphatic carboxylic acids is 1. The highest BCUT2D eigenvalue weighted by atomic mass is 16.5. The van der Waals surface area contributed by atoms with Crippen LogP contribution in [0.25, 0.3) is 0 Å². The third kappa shape index (κ3) is 1.78. The number of likely N-dealkylation sites (tertiary alicyclic amines) is 1. The molecule has 0 unspecified atom stereocenters. The third-order valence-electron chi connectivity index (χ3n) is 2.64. The van der Waals surface area contributed by atoms with Crippen molar-refractivity contribution in [3.63, 3.8) is 0 Å². The van der Waals surface area contributed by atoms with Crippen LogP contribution in [0.5, 0.6) is 0 Å². The van der Waals surface area contributed by atoms with Crippen molar-refractivity contribution < 1.29 is 19.2 Å². The second-order valence-corrected chi connectivity index (χ2v) is 3.83. The summed E-state index contributed by atoms with van der Waals surface area (Å²) in [4.78, 5) is 24.1. The number of aromatic nitrogens is 1. The molecule has 1 atom stereocenters. The van der Waals surface area contributed by atoms with Crippen LogP contribution in [0.3, 0.4) is 0 Å². The number of hydrogen-bond donors (Lipinski definition) is 1. The van der Waals surface area contributed by atoms with E-state index in [-0.39, 0.29) is 5.76 Å². The van der Waals surface area contributed by atoms with Gasteiger partial charge in [-0.05, 0) is 19.8 Å². The molecule has 1 N–H and O–H groups in total. The first-order valence-electron chi connectivity index (χ1n) is 5.06. The lowest BCUT2D eigenvalue weighted by molar-refractivity contribution is -0.141. The van der Waals surface area contributed by atoms with E-state index in [2.05, 4.69) is 5.16 Å². The Morgan fingerprint density at radius 2 is 2.38 bits per heavy atom. The molecule has 0 spiro atoms. The number of nitrogens with zero attached hydrogens (tertiary/aromatic N) is 2. The van der Waals surface area contributed by atoms with Crippen LogP contribution in [0.2, 0.25) is 0 Å². The number of carboxylic acids is 1. The van der Waals surface area contributed by atoms with Crippen molar-refractivity contribution in [2.24, 2.45) is 0 Å². The standard InChI is InChI=1S/C10H12N2O4/c1-6-5-8(16-11-6)9(13)12-4-2-3-7(12)10(14)15/h5,7H,2-4H2,1H3,(H,14,15)/t7-/m1/s1. The molecule has 6 nitrogen and oxygen atoms in total. The molecule has 0 aliphatic carbocycles. The number of carboxylic acid groups (broad SMARTS) is 1. The Balaban J connectivity index is 2.18. The number of amides is 1. The summed E-state index contributed by atoms with van der Waals surface area (Å²) in [5.74, 6) is -1.27. The Hall–Kier alpha value is -1.85.